The van der Waals surface area contributed by atoms with Crippen molar-refractivity contribution in [3.05, 3.63) is 60.4 Å². The molecule has 2 aromatic carbocycles. The first kappa shape index (κ1) is 13.4. The number of para-hydroxylation sites is 2. The fourth-order valence-corrected chi connectivity index (χ4v) is 2.77. The minimum Gasteiger partial charge on any atom is -0.504 e. The maximum absolute atomic E-state index is 12.5. The Kier molecular flexibility index (Phi) is 2.84. The molecule has 114 valence electrons. The van der Waals surface area contributed by atoms with Crippen LogP contribution in [0.2, 0.25) is 0 Å². The molecule has 23 heavy (non-hydrogen) atoms. The molecule has 2 aromatic heterocycles. The first-order valence-corrected chi connectivity index (χ1v) is 7.10. The number of hydrogen-bond donors (Lipinski definition) is 2. The number of phenolic OH excluding ortho intramolecular Hbond substituents is 2. The summed E-state index contributed by atoms with van der Waals surface area (Å²) in [5.41, 5.74) is 2.22. The highest BCUT2D eigenvalue weighted by molar-refractivity contribution is 5.98. The van der Waals surface area contributed by atoms with E-state index in [0.29, 0.717) is 11.3 Å². The number of ketones is 1. The average Bonchev–Trinajstić information content (AvgIpc) is 3.13. The molecule has 6 nitrogen and oxygen atoms in total. The van der Waals surface area contributed by atoms with Gasteiger partial charge in [-0.05, 0) is 30.3 Å². The molecule has 2 heterocycles. The molecule has 6 heteroatoms. The molecule has 0 unspecified atom stereocenters. The van der Waals surface area contributed by atoms with Crippen LogP contribution in [-0.2, 0) is 6.54 Å². The molecular weight excluding hydrogens is 294 g/mol. The lowest BCUT2D eigenvalue weighted by Gasteiger charge is -2.06. The van der Waals surface area contributed by atoms with Crippen LogP contribution < -0.4 is 0 Å². The molecule has 0 fully saturated rings. The number of phenols is 2. The molecule has 4 rings (SSSR count). The molecular formula is C17H13N3O3. The summed E-state index contributed by atoms with van der Waals surface area (Å²) in [4.78, 5) is 16.9. The summed E-state index contributed by atoms with van der Waals surface area (Å²) in [6.07, 6.45) is 3.54. The summed E-state index contributed by atoms with van der Waals surface area (Å²) in [7, 11) is 0. The highest BCUT2D eigenvalue weighted by Gasteiger charge is 2.15. The van der Waals surface area contributed by atoms with Gasteiger partial charge >= 0.3 is 0 Å². The van der Waals surface area contributed by atoms with Crippen molar-refractivity contribution in [2.75, 3.05) is 0 Å². The summed E-state index contributed by atoms with van der Waals surface area (Å²) in [5, 5.41) is 18.9. The van der Waals surface area contributed by atoms with Crippen molar-refractivity contribution < 1.29 is 15.0 Å². The largest absolute Gasteiger partial charge is 0.504 e. The van der Waals surface area contributed by atoms with Crippen LogP contribution in [0, 0.1) is 0 Å². The number of carbonyl (C=O) groups is 1. The second kappa shape index (κ2) is 4.88. The predicted octanol–water partition coefficient (Wildman–Crippen LogP) is 2.58. The summed E-state index contributed by atoms with van der Waals surface area (Å²) in [5.74, 6) is -0.0445. The van der Waals surface area contributed by atoms with Gasteiger partial charge < -0.3 is 14.8 Å². The van der Waals surface area contributed by atoms with Crippen molar-refractivity contribution in [2.45, 2.75) is 6.54 Å². The van der Waals surface area contributed by atoms with Crippen LogP contribution in [0.5, 0.6) is 11.5 Å². The van der Waals surface area contributed by atoms with Crippen LogP contribution in [0.4, 0.5) is 0 Å². The monoisotopic (exact) mass is 307 g/mol. The fraction of sp³-hybridized carbons (Fsp3) is 0.0588. The quantitative estimate of drug-likeness (QED) is 0.450. The maximum Gasteiger partial charge on any atom is 0.215 e. The molecule has 0 bridgehead atoms. The van der Waals surface area contributed by atoms with Gasteiger partial charge in [-0.15, -0.1) is 0 Å². The molecule has 0 aliphatic heterocycles. The number of hydrogen-bond acceptors (Lipinski definition) is 4. The van der Waals surface area contributed by atoms with Crippen molar-refractivity contribution in [2.24, 2.45) is 0 Å². The lowest BCUT2D eigenvalue weighted by molar-refractivity contribution is 0.0974. The summed E-state index contributed by atoms with van der Waals surface area (Å²) in [6.45, 7) is 0.0955. The Balaban J connectivity index is 1.80. The van der Waals surface area contributed by atoms with E-state index in [2.05, 4.69) is 4.98 Å². The third kappa shape index (κ3) is 2.03. The Morgan fingerprint density at radius 1 is 1.04 bits per heavy atom. The van der Waals surface area contributed by atoms with Crippen molar-refractivity contribution in [3.63, 3.8) is 0 Å². The Bertz CT molecular complexity index is 1050. The molecule has 0 saturated carbocycles. The number of benzene rings is 2. The highest BCUT2D eigenvalue weighted by Crippen LogP contribution is 2.26. The normalized spacial score (nSPS) is 11.3. The highest BCUT2D eigenvalue weighted by atomic mass is 16.3. The van der Waals surface area contributed by atoms with Crippen molar-refractivity contribution >= 4 is 22.6 Å². The third-order valence-corrected chi connectivity index (χ3v) is 3.89. The van der Waals surface area contributed by atoms with Crippen molar-refractivity contribution in [3.8, 4) is 11.5 Å². The molecule has 4 aromatic rings. The van der Waals surface area contributed by atoms with E-state index in [-0.39, 0.29) is 23.8 Å². The lowest BCUT2D eigenvalue weighted by Crippen LogP contribution is -2.10. The van der Waals surface area contributed by atoms with Gasteiger partial charge in [0.25, 0.3) is 0 Å². The predicted molar refractivity (Wildman–Crippen MR) is 84.8 cm³/mol. The van der Waals surface area contributed by atoms with E-state index < -0.39 is 0 Å². The zero-order valence-corrected chi connectivity index (χ0v) is 12.0. The number of rotatable bonds is 3. The van der Waals surface area contributed by atoms with Gasteiger partial charge in [0.1, 0.15) is 0 Å². The van der Waals surface area contributed by atoms with Crippen LogP contribution in [-0.4, -0.2) is 29.9 Å². The molecule has 0 spiro atoms. The van der Waals surface area contributed by atoms with Crippen molar-refractivity contribution in [1.29, 1.82) is 0 Å². The van der Waals surface area contributed by atoms with Crippen LogP contribution >= 0.6 is 0 Å². The Labute approximate surface area is 130 Å². The van der Waals surface area contributed by atoms with Gasteiger partial charge in [0.2, 0.25) is 5.78 Å². The van der Waals surface area contributed by atoms with Crippen LogP contribution in [0.3, 0.4) is 0 Å². The fourth-order valence-electron chi connectivity index (χ4n) is 2.77. The number of Topliss-reactive ketones (excluding diaryl/α,β-unsaturated/α-hetero) is 1. The van der Waals surface area contributed by atoms with Gasteiger partial charge in [0.15, 0.2) is 17.3 Å². The first-order chi connectivity index (χ1) is 11.1. The van der Waals surface area contributed by atoms with Crippen LogP contribution in [0.1, 0.15) is 10.4 Å². The zero-order valence-electron chi connectivity index (χ0n) is 12.0. The van der Waals surface area contributed by atoms with Gasteiger partial charge in [0.05, 0.1) is 17.6 Å². The molecule has 0 saturated heterocycles. The van der Waals surface area contributed by atoms with E-state index in [1.54, 1.807) is 6.20 Å². The number of imidazole rings is 2. The zero-order chi connectivity index (χ0) is 16.0. The number of fused-ring (bicyclic) bond motifs is 3. The molecule has 0 amide bonds. The van der Waals surface area contributed by atoms with Gasteiger partial charge in [-0.3, -0.25) is 9.20 Å². The molecule has 0 atom stereocenters. The lowest BCUT2D eigenvalue weighted by atomic mass is 10.1. The second-order valence-electron chi connectivity index (χ2n) is 5.30. The van der Waals surface area contributed by atoms with E-state index in [9.17, 15) is 15.0 Å². The Morgan fingerprint density at radius 3 is 2.61 bits per heavy atom. The van der Waals surface area contributed by atoms with Crippen LogP contribution in [0.15, 0.2) is 54.9 Å². The minimum absolute atomic E-state index is 0.0955. The van der Waals surface area contributed by atoms with E-state index in [1.807, 2.05) is 39.4 Å². The molecule has 0 radical (unpaired) electrons. The van der Waals surface area contributed by atoms with Gasteiger partial charge in [-0.1, -0.05) is 12.1 Å². The summed E-state index contributed by atoms with van der Waals surface area (Å²) >= 11 is 0. The Morgan fingerprint density at radius 2 is 1.83 bits per heavy atom. The van der Waals surface area contributed by atoms with E-state index in [1.165, 1.54) is 18.2 Å². The third-order valence-electron chi connectivity index (χ3n) is 3.89. The number of nitrogens with zero attached hydrogens (tertiary/aromatic N) is 3. The molecule has 0 aliphatic carbocycles. The van der Waals surface area contributed by atoms with Gasteiger partial charge in [-0.2, -0.15) is 0 Å². The van der Waals surface area contributed by atoms with Gasteiger partial charge in [0, 0.05) is 18.0 Å². The SMILES string of the molecule is O=C(Cn1c2ccccc2n2ccnc12)c1ccc(O)c(O)c1. The number of aromatic nitrogens is 3. The van der Waals surface area contributed by atoms with Crippen LogP contribution in [0.25, 0.3) is 16.8 Å². The first-order valence-electron chi connectivity index (χ1n) is 7.10. The number of aromatic hydroxyl groups is 2. The Hall–Kier alpha value is -3.28. The topological polar surface area (TPSA) is 79.8 Å². The molecule has 0 aliphatic rings. The summed E-state index contributed by atoms with van der Waals surface area (Å²) in [6, 6.07) is 11.8. The van der Waals surface area contributed by atoms with E-state index >= 15 is 0 Å². The second-order valence-corrected chi connectivity index (χ2v) is 5.30. The number of carbonyl (C=O) groups excluding carboxylic acids is 1. The molecule has 2 N–H and O–H groups in total. The smallest absolute Gasteiger partial charge is 0.215 e. The summed E-state index contributed by atoms with van der Waals surface area (Å²) < 4.78 is 3.76. The maximum atomic E-state index is 12.5. The minimum atomic E-state index is -0.306. The standard InChI is InChI=1S/C17H13N3O3/c21-14-6-5-11(9-15(14)22)16(23)10-20-13-4-2-1-3-12(13)19-8-7-18-17(19)20/h1-9,21-22H,10H2. The van der Waals surface area contributed by atoms with E-state index in [0.717, 1.165) is 11.0 Å². The average molecular weight is 307 g/mol. The van der Waals surface area contributed by atoms with E-state index in [4.69, 9.17) is 0 Å². The van der Waals surface area contributed by atoms with Gasteiger partial charge in [-0.25, -0.2) is 4.98 Å². The van der Waals surface area contributed by atoms with Crippen molar-refractivity contribution in [1.82, 2.24) is 14.0 Å².